The van der Waals surface area contributed by atoms with Gasteiger partial charge in [-0.25, -0.2) is 22.0 Å². The minimum atomic E-state index is -5.08. The number of alkyl halides is 6. The normalized spacial score (nSPS) is 16.0. The number of nitrogens with one attached hydrogen (secondary N) is 1. The Morgan fingerprint density at radius 1 is 1.00 bits per heavy atom. The van der Waals surface area contributed by atoms with Crippen molar-refractivity contribution in [2.45, 2.75) is 36.8 Å². The number of nitrogens with zero attached hydrogens (tertiary/aromatic N) is 2. The van der Waals surface area contributed by atoms with E-state index in [0.29, 0.717) is 17.3 Å². The van der Waals surface area contributed by atoms with Gasteiger partial charge >= 0.3 is 24.3 Å². The molecule has 0 unspecified atom stereocenters. The molecule has 42 heavy (non-hydrogen) atoms. The molecule has 1 fully saturated rings. The number of halogens is 6. The molecule has 1 saturated heterocycles. The van der Waals surface area contributed by atoms with Crippen molar-refractivity contribution in [3.63, 3.8) is 0 Å². The third-order valence-electron chi connectivity index (χ3n) is 5.70. The van der Waals surface area contributed by atoms with Gasteiger partial charge in [0.2, 0.25) is 0 Å². The predicted molar refractivity (Wildman–Crippen MR) is 138 cm³/mol. The van der Waals surface area contributed by atoms with Crippen LogP contribution < -0.4 is 10.1 Å². The highest BCUT2D eigenvalue weighted by Crippen LogP contribution is 2.30. The van der Waals surface area contributed by atoms with Crippen molar-refractivity contribution in [1.82, 2.24) is 14.2 Å². The number of aromatic nitrogens is 1. The summed E-state index contributed by atoms with van der Waals surface area (Å²) in [4.78, 5) is 20.5. The number of piperazine rings is 1. The maximum Gasteiger partial charge on any atom is 0.490 e. The Morgan fingerprint density at radius 3 is 2.02 bits per heavy atom. The summed E-state index contributed by atoms with van der Waals surface area (Å²) in [6.07, 6.45) is -8.53. The first-order chi connectivity index (χ1) is 19.4. The fourth-order valence-corrected chi connectivity index (χ4v) is 5.19. The summed E-state index contributed by atoms with van der Waals surface area (Å²) in [5.41, 5.74) is 1.71. The van der Waals surface area contributed by atoms with E-state index < -0.39 is 34.3 Å². The SMILES string of the molecule is COc1cc(CN2CCN[C@@H](C)C2)c2ccn(S(=O)(=O)c3ccccc3)c2c1.O=C(O)C(F)(F)F.O=C(O)C(F)(F)F. The highest BCUT2D eigenvalue weighted by Gasteiger charge is 2.38. The van der Waals surface area contributed by atoms with E-state index in [0.717, 1.165) is 37.1 Å². The Labute approximate surface area is 236 Å². The number of benzene rings is 2. The zero-order valence-electron chi connectivity index (χ0n) is 22.1. The molecule has 3 N–H and O–H groups in total. The van der Waals surface area contributed by atoms with Gasteiger partial charge < -0.3 is 20.3 Å². The lowest BCUT2D eigenvalue weighted by Crippen LogP contribution is -2.48. The van der Waals surface area contributed by atoms with Crippen molar-refractivity contribution in [2.24, 2.45) is 0 Å². The summed E-state index contributed by atoms with van der Waals surface area (Å²) in [5.74, 6) is -4.85. The molecular weight excluding hydrogens is 600 g/mol. The van der Waals surface area contributed by atoms with Gasteiger partial charge in [-0.1, -0.05) is 18.2 Å². The van der Waals surface area contributed by atoms with Gasteiger partial charge in [0, 0.05) is 49.9 Å². The van der Waals surface area contributed by atoms with E-state index in [4.69, 9.17) is 24.5 Å². The van der Waals surface area contributed by atoms with E-state index in [1.165, 1.54) is 3.97 Å². The fourth-order valence-electron chi connectivity index (χ4n) is 3.83. The number of fused-ring (bicyclic) bond motifs is 1. The summed E-state index contributed by atoms with van der Waals surface area (Å²) in [6.45, 7) is 5.82. The molecule has 3 aromatic rings. The van der Waals surface area contributed by atoms with Crippen LogP contribution >= 0.6 is 0 Å². The van der Waals surface area contributed by atoms with Gasteiger partial charge in [-0.05, 0) is 36.8 Å². The third-order valence-corrected chi connectivity index (χ3v) is 7.40. The number of hydrogen-bond acceptors (Lipinski definition) is 7. The number of carboxylic acids is 2. The molecule has 0 saturated carbocycles. The van der Waals surface area contributed by atoms with Crippen molar-refractivity contribution < 1.29 is 59.3 Å². The molecule has 0 spiro atoms. The minimum absolute atomic E-state index is 0.271. The van der Waals surface area contributed by atoms with Crippen LogP contribution in [0.25, 0.3) is 10.9 Å². The van der Waals surface area contributed by atoms with Gasteiger partial charge in [0.15, 0.2) is 0 Å². The maximum absolute atomic E-state index is 13.2. The van der Waals surface area contributed by atoms with Crippen molar-refractivity contribution in [3.8, 4) is 5.75 Å². The lowest BCUT2D eigenvalue weighted by atomic mass is 10.1. The van der Waals surface area contributed by atoms with E-state index in [1.807, 2.05) is 18.2 Å². The summed E-state index contributed by atoms with van der Waals surface area (Å²) in [6, 6.07) is 14.6. The van der Waals surface area contributed by atoms with Gasteiger partial charge in [0.1, 0.15) is 5.75 Å². The zero-order valence-corrected chi connectivity index (χ0v) is 22.9. The first-order valence-electron chi connectivity index (χ1n) is 11.9. The molecule has 0 aliphatic carbocycles. The van der Waals surface area contributed by atoms with Crippen LogP contribution in [0.4, 0.5) is 26.3 Å². The molecule has 1 aromatic heterocycles. The van der Waals surface area contributed by atoms with Crippen molar-refractivity contribution in [2.75, 3.05) is 26.7 Å². The highest BCUT2D eigenvalue weighted by molar-refractivity contribution is 7.90. The number of rotatable bonds is 5. The molecule has 0 bridgehead atoms. The second-order valence-electron chi connectivity index (χ2n) is 8.85. The van der Waals surface area contributed by atoms with Gasteiger partial charge in [-0.3, -0.25) is 4.90 Å². The Balaban J connectivity index is 0.000000367. The first-order valence-corrected chi connectivity index (χ1v) is 13.4. The minimum Gasteiger partial charge on any atom is -0.497 e. The number of ether oxygens (including phenoxy) is 1. The van der Waals surface area contributed by atoms with Gasteiger partial charge in [0.25, 0.3) is 10.0 Å². The largest absolute Gasteiger partial charge is 0.497 e. The number of methoxy groups -OCH3 is 1. The van der Waals surface area contributed by atoms with Gasteiger partial charge in [0.05, 0.1) is 17.5 Å². The van der Waals surface area contributed by atoms with E-state index >= 15 is 0 Å². The van der Waals surface area contributed by atoms with Crippen LogP contribution in [-0.4, -0.2) is 84.6 Å². The van der Waals surface area contributed by atoms with Crippen molar-refractivity contribution in [1.29, 1.82) is 0 Å². The summed E-state index contributed by atoms with van der Waals surface area (Å²) in [7, 11) is -2.06. The van der Waals surface area contributed by atoms with Crippen LogP contribution in [0.3, 0.4) is 0 Å². The van der Waals surface area contributed by atoms with Crippen molar-refractivity contribution in [3.05, 3.63) is 60.3 Å². The monoisotopic (exact) mass is 627 g/mol. The van der Waals surface area contributed by atoms with E-state index in [-0.39, 0.29) is 4.90 Å². The molecule has 1 aliphatic heterocycles. The van der Waals surface area contributed by atoms with Crippen LogP contribution in [0.2, 0.25) is 0 Å². The van der Waals surface area contributed by atoms with Crippen LogP contribution in [-0.2, 0) is 26.2 Å². The third kappa shape index (κ3) is 9.35. The number of carbonyl (C=O) groups is 2. The van der Waals surface area contributed by atoms with E-state index in [9.17, 15) is 34.8 Å². The molecular formula is C25H27F6N3O7S. The van der Waals surface area contributed by atoms with Gasteiger partial charge in [-0.15, -0.1) is 0 Å². The van der Waals surface area contributed by atoms with Crippen molar-refractivity contribution >= 4 is 32.9 Å². The second-order valence-corrected chi connectivity index (χ2v) is 10.7. The average molecular weight is 628 g/mol. The Bertz CT molecular complexity index is 1450. The quantitative estimate of drug-likeness (QED) is 0.359. The molecule has 4 rings (SSSR count). The zero-order chi connectivity index (χ0) is 31.9. The van der Waals surface area contributed by atoms with Crippen LogP contribution in [0, 0.1) is 0 Å². The van der Waals surface area contributed by atoms with Crippen LogP contribution in [0.5, 0.6) is 5.75 Å². The molecule has 2 aromatic carbocycles. The smallest absolute Gasteiger partial charge is 0.490 e. The van der Waals surface area contributed by atoms with E-state index in [1.54, 1.807) is 43.6 Å². The Kier molecular flexibility index (Phi) is 11.4. The van der Waals surface area contributed by atoms with Crippen LogP contribution in [0.15, 0.2) is 59.6 Å². The lowest BCUT2D eigenvalue weighted by molar-refractivity contribution is -0.193. The molecule has 17 heteroatoms. The average Bonchev–Trinajstić information content (AvgIpc) is 3.34. The molecule has 10 nitrogen and oxygen atoms in total. The second kappa shape index (κ2) is 13.9. The Hall–Kier alpha value is -3.83. The predicted octanol–water partition coefficient (Wildman–Crippen LogP) is 3.95. The topological polar surface area (TPSA) is 138 Å². The molecule has 2 heterocycles. The first kappa shape index (κ1) is 34.4. The molecule has 1 atom stereocenters. The van der Waals surface area contributed by atoms with Gasteiger partial charge in [-0.2, -0.15) is 26.3 Å². The molecule has 232 valence electrons. The summed E-state index contributed by atoms with van der Waals surface area (Å²) in [5, 5.41) is 18.6. The molecule has 1 aliphatic rings. The summed E-state index contributed by atoms with van der Waals surface area (Å²) < 4.78 is 96.6. The highest BCUT2D eigenvalue weighted by atomic mass is 32.2. The molecule has 0 amide bonds. The lowest BCUT2D eigenvalue weighted by Gasteiger charge is -2.32. The number of aliphatic carboxylic acids is 2. The van der Waals surface area contributed by atoms with Crippen LogP contribution in [0.1, 0.15) is 12.5 Å². The standard InChI is InChI=1S/C21H25N3O3S.2C2HF3O2/c1-16-14-23(11-9-22-16)15-17-12-18(27-2)13-21-20(17)8-10-24(21)28(25,26)19-6-4-3-5-7-19;2*3-2(4,5)1(6)7/h3-8,10,12-13,16,22H,9,11,14-15H2,1-2H3;2*(H,6,7)/t16-;;/m0../s1. The molecule has 0 radical (unpaired) electrons. The maximum atomic E-state index is 13.2. The number of carboxylic acid groups (broad SMARTS) is 2. The van der Waals surface area contributed by atoms with E-state index in [2.05, 4.69) is 17.1 Å². The Morgan fingerprint density at radius 2 is 1.55 bits per heavy atom. The fraction of sp³-hybridized carbons (Fsp3) is 0.360. The number of hydrogen-bond donors (Lipinski definition) is 3. The summed E-state index contributed by atoms with van der Waals surface area (Å²) >= 11 is 0.